The summed E-state index contributed by atoms with van der Waals surface area (Å²) in [7, 11) is 1.72. The predicted octanol–water partition coefficient (Wildman–Crippen LogP) is 1.65. The number of rotatable bonds is 2. The Morgan fingerprint density at radius 2 is 2.26 bits per heavy atom. The fourth-order valence-corrected chi connectivity index (χ4v) is 2.99. The Morgan fingerprint density at radius 1 is 1.47 bits per heavy atom. The van der Waals surface area contributed by atoms with Crippen molar-refractivity contribution in [3.63, 3.8) is 0 Å². The number of Topliss-reactive ketones (excluding diaryl/α,β-unsaturated/α-hetero) is 1. The summed E-state index contributed by atoms with van der Waals surface area (Å²) in [6.07, 6.45) is 0.949. The normalized spacial score (nSPS) is 18.1. The van der Waals surface area contributed by atoms with E-state index in [0.29, 0.717) is 10.3 Å². The van der Waals surface area contributed by atoms with Crippen molar-refractivity contribution in [2.24, 2.45) is 7.05 Å². The van der Waals surface area contributed by atoms with Gasteiger partial charge in [-0.3, -0.25) is 4.79 Å². The Kier molecular flexibility index (Phi) is 3.20. The number of halogens is 1. The molecule has 0 amide bonds. The van der Waals surface area contributed by atoms with Crippen molar-refractivity contribution in [3.05, 3.63) is 45.7 Å². The molecule has 2 aromatic rings. The zero-order valence-corrected chi connectivity index (χ0v) is 12.0. The van der Waals surface area contributed by atoms with Crippen LogP contribution in [0.4, 0.5) is 0 Å². The van der Waals surface area contributed by atoms with E-state index >= 15 is 0 Å². The van der Waals surface area contributed by atoms with Gasteiger partial charge in [-0.25, -0.2) is 4.68 Å². The summed E-state index contributed by atoms with van der Waals surface area (Å²) in [4.78, 5) is 12.7. The number of aromatic nitrogens is 3. The maximum Gasteiger partial charge on any atom is 0.205 e. The smallest absolute Gasteiger partial charge is 0.205 e. The molecule has 0 saturated heterocycles. The van der Waals surface area contributed by atoms with E-state index in [1.807, 2.05) is 18.2 Å². The van der Waals surface area contributed by atoms with Gasteiger partial charge in [0.2, 0.25) is 5.78 Å². The van der Waals surface area contributed by atoms with Crippen molar-refractivity contribution in [2.75, 3.05) is 6.54 Å². The van der Waals surface area contributed by atoms with Gasteiger partial charge >= 0.3 is 0 Å². The van der Waals surface area contributed by atoms with Crippen LogP contribution in [0.25, 0.3) is 0 Å². The van der Waals surface area contributed by atoms with Crippen LogP contribution in [-0.4, -0.2) is 27.3 Å². The first kappa shape index (κ1) is 12.5. The molecule has 1 atom stereocenters. The third-order valence-electron chi connectivity index (χ3n) is 3.39. The topological polar surface area (TPSA) is 59.8 Å². The molecular formula is C13H13BrN4O. The average Bonchev–Trinajstić information content (AvgIpc) is 2.77. The molecule has 19 heavy (non-hydrogen) atoms. The zero-order chi connectivity index (χ0) is 13.4. The molecule has 98 valence electrons. The molecule has 6 heteroatoms. The lowest BCUT2D eigenvalue weighted by atomic mass is 9.91. The van der Waals surface area contributed by atoms with E-state index in [-0.39, 0.29) is 11.8 Å². The molecule has 0 spiro atoms. The zero-order valence-electron chi connectivity index (χ0n) is 10.4. The van der Waals surface area contributed by atoms with Crippen LogP contribution in [0.15, 0.2) is 28.9 Å². The molecule has 1 aromatic heterocycles. The second-order valence-corrected chi connectivity index (χ2v) is 5.30. The molecule has 0 radical (unpaired) electrons. The van der Waals surface area contributed by atoms with Gasteiger partial charge < -0.3 is 5.32 Å². The molecule has 0 saturated carbocycles. The van der Waals surface area contributed by atoms with Crippen LogP contribution >= 0.6 is 15.9 Å². The summed E-state index contributed by atoms with van der Waals surface area (Å²) in [5.74, 6) is -0.00785. The molecule has 0 aliphatic carbocycles. The van der Waals surface area contributed by atoms with Crippen LogP contribution in [0.1, 0.15) is 27.7 Å². The summed E-state index contributed by atoms with van der Waals surface area (Å²) in [5, 5.41) is 11.0. The van der Waals surface area contributed by atoms with E-state index in [1.54, 1.807) is 7.05 Å². The highest BCUT2D eigenvalue weighted by Crippen LogP contribution is 2.27. The lowest BCUT2D eigenvalue weighted by Crippen LogP contribution is -2.36. The van der Waals surface area contributed by atoms with Crippen LogP contribution in [0.3, 0.4) is 0 Å². The van der Waals surface area contributed by atoms with Crippen molar-refractivity contribution in [1.29, 1.82) is 0 Å². The Bertz CT molecular complexity index is 618. The SMILES string of the molecule is Cn1nnc(Br)c1C(=O)C1NCCc2ccccc21. The lowest BCUT2D eigenvalue weighted by Gasteiger charge is -2.25. The van der Waals surface area contributed by atoms with Gasteiger partial charge in [0, 0.05) is 13.6 Å². The largest absolute Gasteiger partial charge is 0.303 e. The van der Waals surface area contributed by atoms with Gasteiger partial charge in [-0.1, -0.05) is 29.5 Å². The Hall–Kier alpha value is -1.53. The summed E-state index contributed by atoms with van der Waals surface area (Å²) in [6, 6.07) is 7.73. The standard InChI is InChI=1S/C13H13BrN4O/c1-18-11(13(14)16-17-18)12(19)10-9-5-3-2-4-8(9)6-7-15-10/h2-5,10,15H,6-7H2,1H3. The number of carbonyl (C=O) groups is 1. The van der Waals surface area contributed by atoms with Crippen LogP contribution < -0.4 is 5.32 Å². The van der Waals surface area contributed by atoms with Crippen LogP contribution in [0, 0.1) is 0 Å². The fraction of sp³-hybridized carbons (Fsp3) is 0.308. The second-order valence-electron chi connectivity index (χ2n) is 4.55. The van der Waals surface area contributed by atoms with Crippen molar-refractivity contribution in [2.45, 2.75) is 12.5 Å². The van der Waals surface area contributed by atoms with E-state index in [0.717, 1.165) is 18.5 Å². The molecule has 1 unspecified atom stereocenters. The van der Waals surface area contributed by atoms with Crippen molar-refractivity contribution in [3.8, 4) is 0 Å². The van der Waals surface area contributed by atoms with Gasteiger partial charge in [-0.2, -0.15) is 0 Å². The van der Waals surface area contributed by atoms with Crippen LogP contribution in [-0.2, 0) is 13.5 Å². The molecular weight excluding hydrogens is 308 g/mol. The number of nitrogens with one attached hydrogen (secondary N) is 1. The molecule has 5 nitrogen and oxygen atoms in total. The fourth-order valence-electron chi connectivity index (χ4n) is 2.47. The number of aryl methyl sites for hydroxylation is 1. The molecule has 1 N–H and O–H groups in total. The third kappa shape index (κ3) is 2.11. The second kappa shape index (κ2) is 4.86. The van der Waals surface area contributed by atoms with Gasteiger partial charge in [0.25, 0.3) is 0 Å². The maximum absolute atomic E-state index is 12.7. The summed E-state index contributed by atoms with van der Waals surface area (Å²) < 4.78 is 2.00. The van der Waals surface area contributed by atoms with Gasteiger partial charge in [-0.15, -0.1) is 5.10 Å². The molecule has 3 rings (SSSR count). The molecule has 0 bridgehead atoms. The van der Waals surface area contributed by atoms with Gasteiger partial charge in [0.05, 0.1) is 6.04 Å². The number of hydrogen-bond donors (Lipinski definition) is 1. The molecule has 2 heterocycles. The minimum atomic E-state index is -0.321. The number of ketones is 1. The van der Waals surface area contributed by atoms with Gasteiger partial charge in [-0.05, 0) is 33.5 Å². The van der Waals surface area contributed by atoms with Gasteiger partial charge in [0.1, 0.15) is 5.69 Å². The minimum absolute atomic E-state index is 0.00785. The highest BCUT2D eigenvalue weighted by atomic mass is 79.9. The van der Waals surface area contributed by atoms with E-state index in [1.165, 1.54) is 10.2 Å². The molecule has 1 aromatic carbocycles. The lowest BCUT2D eigenvalue weighted by molar-refractivity contribution is 0.0929. The number of nitrogens with zero attached hydrogens (tertiary/aromatic N) is 3. The van der Waals surface area contributed by atoms with E-state index in [9.17, 15) is 4.79 Å². The van der Waals surface area contributed by atoms with Crippen LogP contribution in [0.5, 0.6) is 0 Å². The molecule has 1 aliphatic heterocycles. The first-order chi connectivity index (χ1) is 9.18. The van der Waals surface area contributed by atoms with Crippen molar-refractivity contribution >= 4 is 21.7 Å². The first-order valence-corrected chi connectivity index (χ1v) is 6.88. The minimum Gasteiger partial charge on any atom is -0.303 e. The highest BCUT2D eigenvalue weighted by molar-refractivity contribution is 9.10. The Balaban J connectivity index is 2.03. The monoisotopic (exact) mass is 320 g/mol. The Labute approximate surface area is 119 Å². The van der Waals surface area contributed by atoms with E-state index in [2.05, 4.69) is 37.6 Å². The van der Waals surface area contributed by atoms with Crippen LogP contribution in [0.2, 0.25) is 0 Å². The number of carbonyl (C=O) groups excluding carboxylic acids is 1. The van der Waals surface area contributed by atoms with E-state index < -0.39 is 0 Å². The van der Waals surface area contributed by atoms with Crippen molar-refractivity contribution < 1.29 is 4.79 Å². The highest BCUT2D eigenvalue weighted by Gasteiger charge is 2.30. The molecule has 1 aliphatic rings. The number of hydrogen-bond acceptors (Lipinski definition) is 4. The summed E-state index contributed by atoms with van der Waals surface area (Å²) in [5.41, 5.74) is 2.77. The summed E-state index contributed by atoms with van der Waals surface area (Å²) in [6.45, 7) is 0.802. The summed E-state index contributed by atoms with van der Waals surface area (Å²) >= 11 is 3.28. The average molecular weight is 321 g/mol. The van der Waals surface area contributed by atoms with Gasteiger partial charge in [0.15, 0.2) is 4.60 Å². The van der Waals surface area contributed by atoms with Crippen molar-refractivity contribution in [1.82, 2.24) is 20.3 Å². The first-order valence-electron chi connectivity index (χ1n) is 6.09. The van der Waals surface area contributed by atoms with E-state index in [4.69, 9.17) is 0 Å². The quantitative estimate of drug-likeness (QED) is 0.855. The number of benzene rings is 1. The Morgan fingerprint density at radius 3 is 3.00 bits per heavy atom. The third-order valence-corrected chi connectivity index (χ3v) is 3.92. The predicted molar refractivity (Wildman–Crippen MR) is 73.9 cm³/mol. The molecule has 0 fully saturated rings. The number of fused-ring (bicyclic) bond motifs is 1. The maximum atomic E-state index is 12.7.